The molecule has 1 aliphatic rings. The van der Waals surface area contributed by atoms with E-state index in [1.807, 2.05) is 13.8 Å². The molecule has 2 N–H and O–H groups in total. The minimum atomic E-state index is -3.65. The molecular weight excluding hydrogens is 279 g/mol. The number of rotatable bonds is 7. The zero-order valence-electron chi connectivity index (χ0n) is 11.8. The highest BCUT2D eigenvalue weighted by Gasteiger charge is 2.37. The summed E-state index contributed by atoms with van der Waals surface area (Å²) in [5.74, 6) is -0.173. The molecule has 0 bridgehead atoms. The van der Waals surface area contributed by atoms with E-state index in [2.05, 4.69) is 10.0 Å². The summed E-state index contributed by atoms with van der Waals surface area (Å²) in [5.41, 5.74) is 0.598. The van der Waals surface area contributed by atoms with Gasteiger partial charge >= 0.3 is 0 Å². The number of sulfonamides is 1. The Labute approximate surface area is 119 Å². The van der Waals surface area contributed by atoms with Gasteiger partial charge in [0.25, 0.3) is 0 Å². The summed E-state index contributed by atoms with van der Waals surface area (Å²) < 4.78 is 40.7. The molecule has 4 nitrogen and oxygen atoms in total. The third kappa shape index (κ3) is 3.77. The molecule has 0 heterocycles. The van der Waals surface area contributed by atoms with Crippen LogP contribution < -0.4 is 10.0 Å². The monoisotopic (exact) mass is 300 g/mol. The van der Waals surface area contributed by atoms with Crippen LogP contribution in [0.2, 0.25) is 0 Å². The van der Waals surface area contributed by atoms with Crippen molar-refractivity contribution in [1.82, 2.24) is 10.0 Å². The molecule has 1 aromatic rings. The fourth-order valence-electron chi connectivity index (χ4n) is 2.07. The van der Waals surface area contributed by atoms with Gasteiger partial charge in [-0.1, -0.05) is 19.9 Å². The first-order valence-corrected chi connectivity index (χ1v) is 8.44. The van der Waals surface area contributed by atoms with Crippen molar-refractivity contribution in [2.24, 2.45) is 5.92 Å². The molecule has 0 aromatic heterocycles. The summed E-state index contributed by atoms with van der Waals surface area (Å²) in [5, 5.41) is 3.15. The Hall–Kier alpha value is -0.980. The lowest BCUT2D eigenvalue weighted by Gasteiger charge is -2.12. The third-order valence-electron chi connectivity index (χ3n) is 3.48. The molecule has 112 valence electrons. The van der Waals surface area contributed by atoms with Gasteiger partial charge in [-0.15, -0.1) is 0 Å². The van der Waals surface area contributed by atoms with E-state index in [0.29, 0.717) is 18.0 Å². The van der Waals surface area contributed by atoms with Crippen LogP contribution in [0.4, 0.5) is 4.39 Å². The van der Waals surface area contributed by atoms with E-state index >= 15 is 0 Å². The lowest BCUT2D eigenvalue weighted by Crippen LogP contribution is -2.28. The summed E-state index contributed by atoms with van der Waals surface area (Å²) in [6.45, 7) is 5.24. The minimum Gasteiger partial charge on any atom is -0.313 e. The Balaban J connectivity index is 2.21. The second kappa shape index (κ2) is 6.20. The maximum atomic E-state index is 13.4. The van der Waals surface area contributed by atoms with Crippen molar-refractivity contribution in [2.45, 2.75) is 44.2 Å². The molecule has 6 heteroatoms. The summed E-state index contributed by atoms with van der Waals surface area (Å²) in [6, 6.07) is 3.91. The van der Waals surface area contributed by atoms with Gasteiger partial charge in [0, 0.05) is 12.6 Å². The molecule has 1 aliphatic carbocycles. The number of benzene rings is 1. The van der Waals surface area contributed by atoms with Crippen molar-refractivity contribution >= 4 is 10.0 Å². The van der Waals surface area contributed by atoms with Crippen LogP contribution in [0.15, 0.2) is 23.1 Å². The maximum Gasteiger partial charge on any atom is 0.241 e. The number of nitrogens with one attached hydrogen (secondary N) is 2. The van der Waals surface area contributed by atoms with E-state index in [-0.39, 0.29) is 10.9 Å². The molecule has 0 spiro atoms. The normalized spacial score (nSPS) is 21.9. The Kier molecular flexibility index (Phi) is 4.78. The molecule has 2 atom stereocenters. The van der Waals surface area contributed by atoms with Crippen LogP contribution in [0, 0.1) is 11.7 Å². The fraction of sp³-hybridized carbons (Fsp3) is 0.571. The van der Waals surface area contributed by atoms with Crippen molar-refractivity contribution in [2.75, 3.05) is 6.54 Å². The molecular formula is C14H21FN2O2S. The van der Waals surface area contributed by atoms with Crippen molar-refractivity contribution < 1.29 is 12.8 Å². The average Bonchev–Trinajstić information content (AvgIpc) is 3.06. The average molecular weight is 300 g/mol. The van der Waals surface area contributed by atoms with Crippen LogP contribution in [0.25, 0.3) is 0 Å². The minimum absolute atomic E-state index is 0.0141. The Morgan fingerprint density at radius 1 is 1.40 bits per heavy atom. The largest absolute Gasteiger partial charge is 0.313 e. The van der Waals surface area contributed by atoms with Gasteiger partial charge in [0.1, 0.15) is 5.82 Å². The standard InChI is InChI=1S/C14H21FN2O2S/c1-3-6-16-9-11-4-5-12(15)8-14(11)20(18,19)17-13-7-10(13)2/h4-5,8,10,13,16-17H,3,6-7,9H2,1-2H3. The number of hydrogen-bond acceptors (Lipinski definition) is 3. The zero-order valence-corrected chi connectivity index (χ0v) is 12.6. The molecule has 1 aromatic carbocycles. The summed E-state index contributed by atoms with van der Waals surface area (Å²) in [4.78, 5) is 0.0419. The van der Waals surface area contributed by atoms with Gasteiger partial charge in [0.2, 0.25) is 10.0 Å². The van der Waals surface area contributed by atoms with Crippen molar-refractivity contribution in [1.29, 1.82) is 0 Å². The van der Waals surface area contributed by atoms with E-state index in [1.54, 1.807) is 0 Å². The molecule has 1 fully saturated rings. The first-order valence-electron chi connectivity index (χ1n) is 6.95. The second-order valence-electron chi connectivity index (χ2n) is 5.37. The quantitative estimate of drug-likeness (QED) is 0.757. The SMILES string of the molecule is CCCNCc1ccc(F)cc1S(=O)(=O)NC1CC1C. The number of hydrogen-bond donors (Lipinski definition) is 2. The lowest BCUT2D eigenvalue weighted by atomic mass is 10.2. The predicted octanol–water partition coefficient (Wildman–Crippen LogP) is 2.01. The summed E-state index contributed by atoms with van der Waals surface area (Å²) in [6.07, 6.45) is 1.80. The third-order valence-corrected chi connectivity index (χ3v) is 5.05. The van der Waals surface area contributed by atoms with Crippen molar-refractivity contribution in [3.8, 4) is 0 Å². The first kappa shape index (κ1) is 15.4. The second-order valence-corrected chi connectivity index (χ2v) is 7.05. The van der Waals surface area contributed by atoms with Crippen LogP contribution in [0.3, 0.4) is 0 Å². The Morgan fingerprint density at radius 2 is 2.10 bits per heavy atom. The highest BCUT2D eigenvalue weighted by atomic mass is 32.2. The van der Waals surface area contributed by atoms with E-state index < -0.39 is 15.8 Å². The van der Waals surface area contributed by atoms with Crippen LogP contribution >= 0.6 is 0 Å². The van der Waals surface area contributed by atoms with E-state index in [9.17, 15) is 12.8 Å². The molecule has 0 aliphatic heterocycles. The van der Waals surface area contributed by atoms with Gasteiger partial charge in [-0.05, 0) is 43.0 Å². The topological polar surface area (TPSA) is 58.2 Å². The number of halogens is 1. The lowest BCUT2D eigenvalue weighted by molar-refractivity contribution is 0.570. The van der Waals surface area contributed by atoms with Crippen molar-refractivity contribution in [3.05, 3.63) is 29.6 Å². The molecule has 2 rings (SSSR count). The molecule has 20 heavy (non-hydrogen) atoms. The van der Waals surface area contributed by atoms with Gasteiger partial charge in [-0.25, -0.2) is 17.5 Å². The Morgan fingerprint density at radius 3 is 2.70 bits per heavy atom. The van der Waals surface area contributed by atoms with E-state index in [4.69, 9.17) is 0 Å². The molecule has 0 saturated heterocycles. The highest BCUT2D eigenvalue weighted by molar-refractivity contribution is 7.89. The maximum absolute atomic E-state index is 13.4. The summed E-state index contributed by atoms with van der Waals surface area (Å²) >= 11 is 0. The van der Waals surface area contributed by atoms with Crippen LogP contribution in [-0.4, -0.2) is 21.0 Å². The Bertz CT molecular complexity index is 575. The first-order chi connectivity index (χ1) is 9.44. The van der Waals surface area contributed by atoms with Crippen LogP contribution in [0.1, 0.15) is 32.3 Å². The molecule has 2 unspecified atom stereocenters. The van der Waals surface area contributed by atoms with Gasteiger partial charge in [0.05, 0.1) is 4.90 Å². The molecule has 1 saturated carbocycles. The van der Waals surface area contributed by atoms with Crippen molar-refractivity contribution in [3.63, 3.8) is 0 Å². The van der Waals surface area contributed by atoms with Gasteiger partial charge in [-0.3, -0.25) is 0 Å². The predicted molar refractivity (Wildman–Crippen MR) is 76.3 cm³/mol. The molecule has 0 radical (unpaired) electrons. The fourth-order valence-corrected chi connectivity index (χ4v) is 3.68. The summed E-state index contributed by atoms with van der Waals surface area (Å²) in [7, 11) is -3.65. The zero-order chi connectivity index (χ0) is 14.8. The highest BCUT2D eigenvalue weighted by Crippen LogP contribution is 2.31. The van der Waals surface area contributed by atoms with Crippen LogP contribution in [0.5, 0.6) is 0 Å². The smallest absolute Gasteiger partial charge is 0.241 e. The van der Waals surface area contributed by atoms with Gasteiger partial charge in [0.15, 0.2) is 0 Å². The van der Waals surface area contributed by atoms with Gasteiger partial charge < -0.3 is 5.32 Å². The van der Waals surface area contributed by atoms with E-state index in [0.717, 1.165) is 25.5 Å². The molecule has 0 amide bonds. The van der Waals surface area contributed by atoms with E-state index in [1.165, 1.54) is 12.1 Å². The van der Waals surface area contributed by atoms with Gasteiger partial charge in [-0.2, -0.15) is 0 Å². The van der Waals surface area contributed by atoms with Crippen LogP contribution in [-0.2, 0) is 16.6 Å².